The molecule has 1 saturated heterocycles. The summed E-state index contributed by atoms with van der Waals surface area (Å²) in [6, 6.07) is -0.161. The Morgan fingerprint density at radius 3 is 2.33 bits per heavy atom. The molecule has 0 aromatic rings. The summed E-state index contributed by atoms with van der Waals surface area (Å²) in [6.45, 7) is 8.37. The average Bonchev–Trinajstić information content (AvgIpc) is 2.45. The molecule has 1 heterocycles. The third-order valence-electron chi connectivity index (χ3n) is 5.11. The molecule has 2 fully saturated rings. The van der Waals surface area contributed by atoms with Gasteiger partial charge in [-0.1, -0.05) is 40.0 Å². The summed E-state index contributed by atoms with van der Waals surface area (Å²) in [5.41, 5.74) is -0.605. The van der Waals surface area contributed by atoms with Crippen LogP contribution >= 0.6 is 0 Å². The molecule has 1 spiro atoms. The van der Waals surface area contributed by atoms with Gasteiger partial charge in [0.2, 0.25) is 11.8 Å². The summed E-state index contributed by atoms with van der Waals surface area (Å²) in [6.07, 6.45) is 6.49. The van der Waals surface area contributed by atoms with Crippen molar-refractivity contribution in [3.63, 3.8) is 0 Å². The molecule has 1 aliphatic carbocycles. The highest BCUT2D eigenvalue weighted by Gasteiger charge is 2.51. The predicted molar refractivity (Wildman–Crippen MR) is 83.8 cm³/mol. The SMILES string of the molecule is CCC(C)N1C(=O)C2(CCCCC2)NC(=O)C1CC(C)C. The van der Waals surface area contributed by atoms with Crippen LogP contribution in [-0.2, 0) is 9.59 Å². The van der Waals surface area contributed by atoms with Crippen LogP contribution in [0.4, 0.5) is 0 Å². The normalized spacial score (nSPS) is 27.1. The zero-order valence-corrected chi connectivity index (χ0v) is 13.9. The highest BCUT2D eigenvalue weighted by molar-refractivity contribution is 6.00. The number of amides is 2. The van der Waals surface area contributed by atoms with Crippen molar-refractivity contribution < 1.29 is 9.59 Å². The molecule has 4 heteroatoms. The van der Waals surface area contributed by atoms with Gasteiger partial charge in [-0.2, -0.15) is 0 Å². The van der Waals surface area contributed by atoms with E-state index in [4.69, 9.17) is 0 Å². The standard InChI is InChI=1S/C17H30N2O2/c1-5-13(4)19-14(11-12(2)3)15(20)18-17(16(19)21)9-7-6-8-10-17/h12-14H,5-11H2,1-4H3,(H,18,20). The number of piperazine rings is 1. The van der Waals surface area contributed by atoms with E-state index in [0.717, 1.165) is 38.5 Å². The summed E-state index contributed by atoms with van der Waals surface area (Å²) in [5.74, 6) is 0.632. The van der Waals surface area contributed by atoms with Gasteiger partial charge in [-0.3, -0.25) is 9.59 Å². The number of carbonyl (C=O) groups excluding carboxylic acids is 2. The Bertz CT molecular complexity index is 400. The van der Waals surface area contributed by atoms with Crippen LogP contribution in [0, 0.1) is 5.92 Å². The van der Waals surface area contributed by atoms with Crippen LogP contribution in [0.2, 0.25) is 0 Å². The van der Waals surface area contributed by atoms with E-state index in [9.17, 15) is 9.59 Å². The summed E-state index contributed by atoms with van der Waals surface area (Å²) in [4.78, 5) is 27.7. The van der Waals surface area contributed by atoms with Crippen molar-refractivity contribution in [2.24, 2.45) is 5.92 Å². The molecule has 120 valence electrons. The zero-order valence-electron chi connectivity index (χ0n) is 13.9. The molecule has 1 aliphatic heterocycles. The third kappa shape index (κ3) is 3.09. The molecular weight excluding hydrogens is 264 g/mol. The Kier molecular flexibility index (Phi) is 4.95. The maximum atomic E-state index is 13.2. The summed E-state index contributed by atoms with van der Waals surface area (Å²) >= 11 is 0. The second-order valence-electron chi connectivity index (χ2n) is 7.25. The minimum atomic E-state index is -0.605. The second kappa shape index (κ2) is 6.37. The van der Waals surface area contributed by atoms with E-state index in [1.165, 1.54) is 6.42 Å². The van der Waals surface area contributed by atoms with Crippen LogP contribution in [-0.4, -0.2) is 34.3 Å². The van der Waals surface area contributed by atoms with Gasteiger partial charge in [-0.15, -0.1) is 0 Å². The van der Waals surface area contributed by atoms with Crippen molar-refractivity contribution in [2.75, 3.05) is 0 Å². The molecule has 2 amide bonds. The molecule has 1 N–H and O–H groups in total. The van der Waals surface area contributed by atoms with Gasteiger partial charge in [-0.25, -0.2) is 0 Å². The summed E-state index contributed by atoms with van der Waals surface area (Å²) < 4.78 is 0. The first-order chi connectivity index (χ1) is 9.91. The van der Waals surface area contributed by atoms with E-state index in [1.807, 2.05) is 4.90 Å². The number of hydrogen-bond donors (Lipinski definition) is 1. The Labute approximate surface area is 128 Å². The van der Waals surface area contributed by atoms with E-state index in [-0.39, 0.29) is 23.9 Å². The van der Waals surface area contributed by atoms with E-state index < -0.39 is 5.54 Å². The smallest absolute Gasteiger partial charge is 0.249 e. The molecule has 0 aromatic heterocycles. The Morgan fingerprint density at radius 1 is 1.19 bits per heavy atom. The van der Waals surface area contributed by atoms with Crippen molar-refractivity contribution in [3.05, 3.63) is 0 Å². The topological polar surface area (TPSA) is 49.4 Å². The van der Waals surface area contributed by atoms with Crippen LogP contribution in [0.3, 0.4) is 0 Å². The number of nitrogens with one attached hydrogen (secondary N) is 1. The van der Waals surface area contributed by atoms with Crippen LogP contribution in [0.5, 0.6) is 0 Å². The first-order valence-electron chi connectivity index (χ1n) is 8.56. The van der Waals surface area contributed by atoms with Crippen molar-refractivity contribution in [1.29, 1.82) is 0 Å². The molecular formula is C17H30N2O2. The van der Waals surface area contributed by atoms with Gasteiger partial charge >= 0.3 is 0 Å². The summed E-state index contributed by atoms with van der Waals surface area (Å²) in [7, 11) is 0. The van der Waals surface area contributed by atoms with Crippen molar-refractivity contribution >= 4 is 11.8 Å². The molecule has 4 nitrogen and oxygen atoms in total. The molecule has 0 aromatic carbocycles. The van der Waals surface area contributed by atoms with Crippen LogP contribution in [0.15, 0.2) is 0 Å². The molecule has 2 aliphatic rings. The van der Waals surface area contributed by atoms with E-state index in [2.05, 4.69) is 33.0 Å². The fourth-order valence-corrected chi connectivity index (χ4v) is 3.75. The number of carbonyl (C=O) groups is 2. The minimum absolute atomic E-state index is 0.0606. The van der Waals surface area contributed by atoms with Gasteiger partial charge in [-0.05, 0) is 38.5 Å². The molecule has 0 radical (unpaired) electrons. The first kappa shape index (κ1) is 16.3. The lowest BCUT2D eigenvalue weighted by Gasteiger charge is -2.50. The molecule has 2 rings (SSSR count). The maximum absolute atomic E-state index is 13.2. The quantitative estimate of drug-likeness (QED) is 0.866. The fourth-order valence-electron chi connectivity index (χ4n) is 3.75. The van der Waals surface area contributed by atoms with Crippen molar-refractivity contribution in [3.8, 4) is 0 Å². The van der Waals surface area contributed by atoms with Gasteiger partial charge in [0.05, 0.1) is 0 Å². The van der Waals surface area contributed by atoms with Gasteiger partial charge in [0, 0.05) is 6.04 Å². The van der Waals surface area contributed by atoms with E-state index in [1.54, 1.807) is 0 Å². The largest absolute Gasteiger partial charge is 0.340 e. The summed E-state index contributed by atoms with van der Waals surface area (Å²) in [5, 5.41) is 3.12. The number of nitrogens with zero attached hydrogens (tertiary/aromatic N) is 1. The van der Waals surface area contributed by atoms with Crippen molar-refractivity contribution in [1.82, 2.24) is 10.2 Å². The first-order valence-corrected chi connectivity index (χ1v) is 8.56. The van der Waals surface area contributed by atoms with Crippen molar-refractivity contribution in [2.45, 2.75) is 90.3 Å². The number of rotatable bonds is 4. The third-order valence-corrected chi connectivity index (χ3v) is 5.11. The fraction of sp³-hybridized carbons (Fsp3) is 0.882. The maximum Gasteiger partial charge on any atom is 0.249 e. The highest BCUT2D eigenvalue weighted by Crippen LogP contribution is 2.35. The van der Waals surface area contributed by atoms with E-state index in [0.29, 0.717) is 5.92 Å². The van der Waals surface area contributed by atoms with Crippen LogP contribution in [0.25, 0.3) is 0 Å². The number of hydrogen-bond acceptors (Lipinski definition) is 2. The van der Waals surface area contributed by atoms with Gasteiger partial charge < -0.3 is 10.2 Å². The lowest BCUT2D eigenvalue weighted by Crippen LogP contribution is -2.72. The Balaban J connectivity index is 2.31. The molecule has 1 saturated carbocycles. The lowest BCUT2D eigenvalue weighted by atomic mass is 9.77. The van der Waals surface area contributed by atoms with Gasteiger partial charge in [0.15, 0.2) is 0 Å². The monoisotopic (exact) mass is 294 g/mol. The Hall–Kier alpha value is -1.06. The van der Waals surface area contributed by atoms with Crippen LogP contribution in [0.1, 0.15) is 72.6 Å². The lowest BCUT2D eigenvalue weighted by molar-refractivity contribution is -0.160. The van der Waals surface area contributed by atoms with Gasteiger partial charge in [0.25, 0.3) is 0 Å². The highest BCUT2D eigenvalue weighted by atomic mass is 16.2. The molecule has 21 heavy (non-hydrogen) atoms. The van der Waals surface area contributed by atoms with E-state index >= 15 is 0 Å². The van der Waals surface area contributed by atoms with Crippen LogP contribution < -0.4 is 5.32 Å². The van der Waals surface area contributed by atoms with Gasteiger partial charge in [0.1, 0.15) is 11.6 Å². The average molecular weight is 294 g/mol. The molecule has 2 unspecified atom stereocenters. The predicted octanol–water partition coefficient (Wildman–Crippen LogP) is 2.86. The molecule has 2 atom stereocenters. The molecule has 0 bridgehead atoms. The minimum Gasteiger partial charge on any atom is -0.340 e. The Morgan fingerprint density at radius 2 is 1.81 bits per heavy atom. The zero-order chi connectivity index (χ0) is 15.6. The second-order valence-corrected chi connectivity index (χ2v) is 7.25.